The van der Waals surface area contributed by atoms with Gasteiger partial charge in [-0.2, -0.15) is 0 Å². The van der Waals surface area contributed by atoms with E-state index in [4.69, 9.17) is 18.9 Å². The zero-order chi connectivity index (χ0) is 22.1. The molecule has 2 fully saturated rings. The second kappa shape index (κ2) is 9.23. The van der Waals surface area contributed by atoms with Crippen LogP contribution in [0.25, 0.3) is 0 Å². The summed E-state index contributed by atoms with van der Waals surface area (Å²) in [6.45, 7) is 8.40. The molecule has 0 aromatic carbocycles. The Morgan fingerprint density at radius 1 is 1.17 bits per heavy atom. The van der Waals surface area contributed by atoms with Gasteiger partial charge in [0, 0.05) is 12.8 Å². The highest BCUT2D eigenvalue weighted by molar-refractivity contribution is 5.73. The first-order chi connectivity index (χ1) is 13.4. The van der Waals surface area contributed by atoms with Crippen LogP contribution >= 0.6 is 0 Å². The number of carboxylic acids is 1. The molecule has 2 aliphatic heterocycles. The summed E-state index contributed by atoms with van der Waals surface area (Å²) in [4.78, 5) is 11.5. The maximum Gasteiger partial charge on any atom is 0.335 e. The van der Waals surface area contributed by atoms with E-state index in [0.29, 0.717) is 5.70 Å². The number of hydrogen-bond donors (Lipinski definition) is 6. The van der Waals surface area contributed by atoms with Gasteiger partial charge in [-0.15, -0.1) is 0 Å². The van der Waals surface area contributed by atoms with Crippen molar-refractivity contribution in [2.45, 2.75) is 81.4 Å². The van der Waals surface area contributed by atoms with Gasteiger partial charge in [0.15, 0.2) is 12.4 Å². The van der Waals surface area contributed by atoms with Crippen molar-refractivity contribution < 1.29 is 49.3 Å². The molecule has 168 valence electrons. The topological polar surface area (TPSA) is 167 Å². The van der Waals surface area contributed by atoms with Crippen molar-refractivity contribution in [3.8, 4) is 0 Å². The molecule has 6 N–H and O–H groups in total. The van der Waals surface area contributed by atoms with E-state index >= 15 is 0 Å². The number of carbonyl (C=O) groups is 1. The Morgan fingerprint density at radius 3 is 2.28 bits per heavy atom. The highest BCUT2D eigenvalue weighted by atomic mass is 16.7. The van der Waals surface area contributed by atoms with Crippen LogP contribution in [0.4, 0.5) is 0 Å². The Balaban J connectivity index is 2.33. The lowest BCUT2D eigenvalue weighted by molar-refractivity contribution is -0.333. The van der Waals surface area contributed by atoms with E-state index in [9.17, 15) is 30.3 Å². The van der Waals surface area contributed by atoms with Gasteiger partial charge < -0.3 is 49.8 Å². The molecule has 2 heterocycles. The first-order valence-electron chi connectivity index (χ1n) is 9.26. The van der Waals surface area contributed by atoms with E-state index in [0.717, 1.165) is 0 Å². The van der Waals surface area contributed by atoms with Crippen LogP contribution < -0.4 is 5.32 Å². The normalized spacial score (nSPS) is 42.3. The fourth-order valence-electron chi connectivity index (χ4n) is 3.73. The summed E-state index contributed by atoms with van der Waals surface area (Å²) < 4.78 is 21.9. The van der Waals surface area contributed by atoms with E-state index in [1.807, 2.05) is 0 Å². The minimum atomic E-state index is -1.65. The van der Waals surface area contributed by atoms with Crippen molar-refractivity contribution in [3.63, 3.8) is 0 Å². The molecule has 9 atom stereocenters. The van der Waals surface area contributed by atoms with E-state index in [1.54, 1.807) is 20.8 Å². The molecule has 0 spiro atoms. The highest BCUT2D eigenvalue weighted by Crippen LogP contribution is 2.34. The Morgan fingerprint density at radius 2 is 1.79 bits per heavy atom. The fraction of sp³-hybridized carbons (Fsp3) is 0.833. The molecule has 0 aromatic rings. The molecule has 2 rings (SSSR count). The number of carboxylic acid groups (broad SMARTS) is 1. The van der Waals surface area contributed by atoms with Crippen molar-refractivity contribution in [2.75, 3.05) is 13.7 Å². The molecule has 0 radical (unpaired) electrons. The van der Waals surface area contributed by atoms with Crippen LogP contribution in [0.15, 0.2) is 12.3 Å². The van der Waals surface area contributed by atoms with Gasteiger partial charge in [-0.3, -0.25) is 0 Å². The predicted octanol–water partition coefficient (Wildman–Crippen LogP) is -2.06. The summed E-state index contributed by atoms with van der Waals surface area (Å²) in [5.74, 6) is -1.41. The molecule has 0 aliphatic carbocycles. The van der Waals surface area contributed by atoms with Crippen molar-refractivity contribution in [2.24, 2.45) is 0 Å². The Bertz CT molecular complexity index is 599. The van der Waals surface area contributed by atoms with Crippen LogP contribution in [-0.2, 0) is 23.7 Å². The molecule has 2 aliphatic rings. The SMILES string of the molecule is C=C(C)N[C@H]1[C@H](O[C@H]2O[C@@H](C(=O)O)C(OC)[C@H](O)[C@@H]2O)C(O)[C@H](CO)OC1(C)C. The van der Waals surface area contributed by atoms with E-state index < -0.39 is 73.2 Å². The van der Waals surface area contributed by atoms with Crippen LogP contribution in [-0.4, -0.2) is 106 Å². The van der Waals surface area contributed by atoms with Gasteiger partial charge in [-0.1, -0.05) is 6.58 Å². The summed E-state index contributed by atoms with van der Waals surface area (Å²) in [5, 5.41) is 53.3. The summed E-state index contributed by atoms with van der Waals surface area (Å²) >= 11 is 0. The minimum absolute atomic E-state index is 0.496. The number of hydrogen-bond acceptors (Lipinski definition) is 10. The number of aliphatic hydroxyl groups is 4. The molecule has 0 saturated carbocycles. The third-order valence-electron chi connectivity index (χ3n) is 5.18. The fourth-order valence-corrected chi connectivity index (χ4v) is 3.73. The lowest BCUT2D eigenvalue weighted by Gasteiger charge is -2.51. The molecule has 2 unspecified atom stereocenters. The van der Waals surface area contributed by atoms with E-state index in [2.05, 4.69) is 11.9 Å². The number of nitrogens with one attached hydrogen (secondary N) is 1. The molecule has 0 aromatic heterocycles. The second-order valence-electron chi connectivity index (χ2n) is 7.88. The third kappa shape index (κ3) is 4.89. The lowest BCUT2D eigenvalue weighted by atomic mass is 9.84. The quantitative estimate of drug-likeness (QED) is 0.267. The van der Waals surface area contributed by atoms with E-state index in [-0.39, 0.29) is 0 Å². The van der Waals surface area contributed by atoms with Crippen molar-refractivity contribution >= 4 is 5.97 Å². The zero-order valence-corrected chi connectivity index (χ0v) is 16.9. The number of methoxy groups -OCH3 is 1. The van der Waals surface area contributed by atoms with Crippen LogP contribution in [0.5, 0.6) is 0 Å². The van der Waals surface area contributed by atoms with Crippen molar-refractivity contribution in [1.29, 1.82) is 0 Å². The smallest absolute Gasteiger partial charge is 0.335 e. The number of rotatable bonds is 7. The first kappa shape index (κ1) is 24.0. The van der Waals surface area contributed by atoms with Crippen LogP contribution in [0, 0.1) is 0 Å². The minimum Gasteiger partial charge on any atom is -0.479 e. The maximum atomic E-state index is 11.5. The second-order valence-corrected chi connectivity index (χ2v) is 7.88. The average molecular weight is 421 g/mol. The summed E-state index contributed by atoms with van der Waals surface area (Å²) in [7, 11) is 1.19. The van der Waals surface area contributed by atoms with Crippen LogP contribution in [0.2, 0.25) is 0 Å². The number of allylic oxidation sites excluding steroid dienone is 1. The largest absolute Gasteiger partial charge is 0.479 e. The van der Waals surface area contributed by atoms with Gasteiger partial charge in [-0.05, 0) is 20.8 Å². The molecular formula is C18H31NO10. The monoisotopic (exact) mass is 421 g/mol. The summed E-state index contributed by atoms with van der Waals surface area (Å²) in [6, 6.07) is -0.700. The number of aliphatic hydroxyl groups excluding tert-OH is 4. The third-order valence-corrected chi connectivity index (χ3v) is 5.18. The van der Waals surface area contributed by atoms with Gasteiger partial charge in [0.1, 0.15) is 36.6 Å². The van der Waals surface area contributed by atoms with Gasteiger partial charge in [0.2, 0.25) is 0 Å². The van der Waals surface area contributed by atoms with Gasteiger partial charge >= 0.3 is 5.97 Å². The summed E-state index contributed by atoms with van der Waals surface area (Å²) in [5.41, 5.74) is -0.404. The molecular weight excluding hydrogens is 390 g/mol. The van der Waals surface area contributed by atoms with Crippen molar-refractivity contribution in [1.82, 2.24) is 5.32 Å². The molecule has 0 amide bonds. The lowest BCUT2D eigenvalue weighted by Crippen LogP contribution is -2.70. The Hall–Kier alpha value is -1.31. The molecule has 0 bridgehead atoms. The van der Waals surface area contributed by atoms with Crippen LogP contribution in [0.3, 0.4) is 0 Å². The number of aliphatic carboxylic acids is 1. The molecule has 29 heavy (non-hydrogen) atoms. The van der Waals surface area contributed by atoms with Gasteiger partial charge in [-0.25, -0.2) is 4.79 Å². The highest BCUT2D eigenvalue weighted by Gasteiger charge is 2.54. The zero-order valence-electron chi connectivity index (χ0n) is 16.9. The molecule has 11 nitrogen and oxygen atoms in total. The maximum absolute atomic E-state index is 11.5. The average Bonchev–Trinajstić information content (AvgIpc) is 2.63. The first-order valence-corrected chi connectivity index (χ1v) is 9.26. The number of ether oxygens (including phenoxy) is 4. The van der Waals surface area contributed by atoms with Crippen molar-refractivity contribution in [3.05, 3.63) is 12.3 Å². The Kier molecular flexibility index (Phi) is 7.63. The van der Waals surface area contributed by atoms with E-state index in [1.165, 1.54) is 7.11 Å². The molecule has 2 saturated heterocycles. The Labute approximate surface area is 168 Å². The van der Waals surface area contributed by atoms with Crippen LogP contribution in [0.1, 0.15) is 20.8 Å². The molecule has 11 heteroatoms. The standard InChI is InChI=1S/C18H31NO10/c1-7(2)19-15-13(9(21)8(6-20)29-18(15,3)4)27-17-11(23)10(22)12(26-5)14(28-17)16(24)25/h8-15,17,19-23H,1,6H2,2-5H3,(H,24,25)/t8-,9?,10+,11-,12?,13+,14+,15-,17-/m0/s1. The van der Waals surface area contributed by atoms with Gasteiger partial charge in [0.25, 0.3) is 0 Å². The van der Waals surface area contributed by atoms with Gasteiger partial charge in [0.05, 0.1) is 18.2 Å². The summed E-state index contributed by atoms with van der Waals surface area (Å²) in [6.07, 6.45) is -11.2. The predicted molar refractivity (Wildman–Crippen MR) is 97.8 cm³/mol.